The maximum atomic E-state index is 12.3. The number of carbonyl (C=O) groups excluding carboxylic acids is 1. The van der Waals surface area contributed by atoms with Crippen LogP contribution >= 0.6 is 0 Å². The number of carbonyl (C=O) groups is 1. The van der Waals surface area contributed by atoms with Gasteiger partial charge in [0.2, 0.25) is 5.91 Å². The van der Waals surface area contributed by atoms with E-state index in [0.717, 1.165) is 51.1 Å². The van der Waals surface area contributed by atoms with Gasteiger partial charge in [-0.2, -0.15) is 0 Å². The molecule has 1 aliphatic carbocycles. The van der Waals surface area contributed by atoms with Crippen molar-refractivity contribution in [1.29, 1.82) is 0 Å². The van der Waals surface area contributed by atoms with Crippen LogP contribution in [0.4, 0.5) is 5.69 Å². The van der Waals surface area contributed by atoms with Gasteiger partial charge in [0.25, 0.3) is 0 Å². The summed E-state index contributed by atoms with van der Waals surface area (Å²) < 4.78 is 5.41. The van der Waals surface area contributed by atoms with E-state index in [2.05, 4.69) is 22.3 Å². The molecule has 2 unspecified atom stereocenters. The molecular formula is C17H25N3O2. The molecule has 1 heterocycles. The van der Waals surface area contributed by atoms with Crippen molar-refractivity contribution < 1.29 is 9.53 Å². The number of rotatable bonds is 4. The average Bonchev–Trinajstić information content (AvgIpc) is 3.00. The van der Waals surface area contributed by atoms with Crippen LogP contribution in [0.3, 0.4) is 0 Å². The van der Waals surface area contributed by atoms with E-state index in [1.165, 1.54) is 5.69 Å². The smallest absolute Gasteiger partial charge is 0.224 e. The van der Waals surface area contributed by atoms with E-state index >= 15 is 0 Å². The van der Waals surface area contributed by atoms with Gasteiger partial charge in [-0.05, 0) is 24.5 Å². The SMILES string of the molecule is NC1CCCC1C(=O)NCc1ccccc1N1CCOCC1. The quantitative estimate of drug-likeness (QED) is 0.879. The minimum Gasteiger partial charge on any atom is -0.378 e. The Labute approximate surface area is 131 Å². The highest BCUT2D eigenvalue weighted by molar-refractivity contribution is 5.79. The number of morpholine rings is 1. The monoisotopic (exact) mass is 303 g/mol. The molecule has 2 fully saturated rings. The third-order valence-electron chi connectivity index (χ3n) is 4.70. The molecule has 1 saturated carbocycles. The summed E-state index contributed by atoms with van der Waals surface area (Å²) in [6.07, 6.45) is 2.93. The molecule has 5 nitrogen and oxygen atoms in total. The molecular weight excluding hydrogens is 278 g/mol. The summed E-state index contributed by atoms with van der Waals surface area (Å²) in [5.41, 5.74) is 8.37. The number of benzene rings is 1. The number of nitrogens with zero attached hydrogens (tertiary/aromatic N) is 1. The Kier molecular flexibility index (Phi) is 4.95. The lowest BCUT2D eigenvalue weighted by Crippen LogP contribution is -2.39. The third kappa shape index (κ3) is 3.42. The Bertz CT molecular complexity index is 514. The molecule has 0 bridgehead atoms. The highest BCUT2D eigenvalue weighted by Crippen LogP contribution is 2.25. The third-order valence-corrected chi connectivity index (χ3v) is 4.70. The molecule has 0 radical (unpaired) electrons. The summed E-state index contributed by atoms with van der Waals surface area (Å²) in [6, 6.07) is 8.29. The second kappa shape index (κ2) is 7.11. The van der Waals surface area contributed by atoms with Crippen LogP contribution in [-0.2, 0) is 16.1 Å². The van der Waals surface area contributed by atoms with E-state index in [-0.39, 0.29) is 17.9 Å². The Balaban J connectivity index is 1.63. The highest BCUT2D eigenvalue weighted by Gasteiger charge is 2.30. The Morgan fingerprint density at radius 2 is 2.05 bits per heavy atom. The summed E-state index contributed by atoms with van der Waals surface area (Å²) in [7, 11) is 0. The van der Waals surface area contributed by atoms with Gasteiger partial charge in [0.1, 0.15) is 0 Å². The number of nitrogens with one attached hydrogen (secondary N) is 1. The molecule has 1 aromatic rings. The average molecular weight is 303 g/mol. The van der Waals surface area contributed by atoms with Crippen molar-refractivity contribution in [2.24, 2.45) is 11.7 Å². The fourth-order valence-electron chi connectivity index (χ4n) is 3.40. The maximum Gasteiger partial charge on any atom is 0.224 e. The van der Waals surface area contributed by atoms with Gasteiger partial charge >= 0.3 is 0 Å². The zero-order valence-electron chi connectivity index (χ0n) is 13.0. The topological polar surface area (TPSA) is 67.6 Å². The van der Waals surface area contributed by atoms with Crippen molar-refractivity contribution in [3.05, 3.63) is 29.8 Å². The second-order valence-electron chi connectivity index (χ2n) is 6.15. The van der Waals surface area contributed by atoms with Gasteiger partial charge in [0.05, 0.1) is 19.1 Å². The van der Waals surface area contributed by atoms with Crippen LogP contribution < -0.4 is 16.0 Å². The molecule has 0 aromatic heterocycles. The molecule has 22 heavy (non-hydrogen) atoms. The lowest BCUT2D eigenvalue weighted by molar-refractivity contribution is -0.125. The molecule has 1 amide bonds. The summed E-state index contributed by atoms with van der Waals surface area (Å²) in [5.74, 6) is 0.0809. The first kappa shape index (κ1) is 15.3. The standard InChI is InChI=1S/C17H25N3O2/c18-15-6-3-5-14(15)17(21)19-12-13-4-1-2-7-16(13)20-8-10-22-11-9-20/h1-2,4,7,14-15H,3,5-6,8-12,18H2,(H,19,21). The molecule has 1 saturated heterocycles. The van der Waals surface area contributed by atoms with Crippen LogP contribution in [0.2, 0.25) is 0 Å². The minimum absolute atomic E-state index is 0.0180. The van der Waals surface area contributed by atoms with Gasteiger partial charge in [-0.25, -0.2) is 0 Å². The van der Waals surface area contributed by atoms with E-state index < -0.39 is 0 Å². The first-order chi connectivity index (χ1) is 10.8. The Morgan fingerprint density at radius 1 is 1.27 bits per heavy atom. The molecule has 5 heteroatoms. The van der Waals surface area contributed by atoms with Gasteiger partial charge < -0.3 is 20.7 Å². The van der Waals surface area contributed by atoms with Crippen LogP contribution in [-0.4, -0.2) is 38.3 Å². The molecule has 1 aliphatic heterocycles. The number of amides is 1. The summed E-state index contributed by atoms with van der Waals surface area (Å²) in [4.78, 5) is 14.6. The van der Waals surface area contributed by atoms with Gasteiger partial charge in [-0.15, -0.1) is 0 Å². The van der Waals surface area contributed by atoms with Gasteiger partial charge in [-0.3, -0.25) is 4.79 Å². The molecule has 2 atom stereocenters. The van der Waals surface area contributed by atoms with E-state index in [1.807, 2.05) is 12.1 Å². The molecule has 2 aliphatic rings. The van der Waals surface area contributed by atoms with Gasteiger partial charge in [0.15, 0.2) is 0 Å². The van der Waals surface area contributed by atoms with Crippen molar-refractivity contribution in [3.63, 3.8) is 0 Å². The lowest BCUT2D eigenvalue weighted by Gasteiger charge is -2.30. The largest absolute Gasteiger partial charge is 0.378 e. The van der Waals surface area contributed by atoms with Crippen molar-refractivity contribution in [2.45, 2.75) is 31.8 Å². The zero-order valence-corrected chi connectivity index (χ0v) is 13.0. The molecule has 0 spiro atoms. The minimum atomic E-state index is -0.0180. The second-order valence-corrected chi connectivity index (χ2v) is 6.15. The van der Waals surface area contributed by atoms with Crippen LogP contribution in [0.5, 0.6) is 0 Å². The highest BCUT2D eigenvalue weighted by atomic mass is 16.5. The summed E-state index contributed by atoms with van der Waals surface area (Å²) in [6.45, 7) is 3.89. The van der Waals surface area contributed by atoms with Crippen molar-refractivity contribution in [1.82, 2.24) is 5.32 Å². The fraction of sp³-hybridized carbons (Fsp3) is 0.588. The van der Waals surface area contributed by atoms with Gasteiger partial charge in [-0.1, -0.05) is 24.6 Å². The number of nitrogens with two attached hydrogens (primary N) is 1. The normalized spacial score (nSPS) is 25.2. The molecule has 120 valence electrons. The fourth-order valence-corrected chi connectivity index (χ4v) is 3.40. The first-order valence-corrected chi connectivity index (χ1v) is 8.19. The Hall–Kier alpha value is -1.59. The van der Waals surface area contributed by atoms with E-state index in [9.17, 15) is 4.79 Å². The summed E-state index contributed by atoms with van der Waals surface area (Å²) >= 11 is 0. The van der Waals surface area contributed by atoms with Crippen LogP contribution in [0.15, 0.2) is 24.3 Å². The molecule has 3 rings (SSSR count). The van der Waals surface area contributed by atoms with E-state index in [1.54, 1.807) is 0 Å². The first-order valence-electron chi connectivity index (χ1n) is 8.19. The number of hydrogen-bond acceptors (Lipinski definition) is 4. The van der Waals surface area contributed by atoms with Crippen molar-refractivity contribution in [3.8, 4) is 0 Å². The number of hydrogen-bond donors (Lipinski definition) is 2. The zero-order chi connectivity index (χ0) is 15.4. The number of ether oxygens (including phenoxy) is 1. The molecule has 1 aromatic carbocycles. The van der Waals surface area contributed by atoms with Gasteiger partial charge in [0, 0.05) is 31.4 Å². The van der Waals surface area contributed by atoms with E-state index in [4.69, 9.17) is 10.5 Å². The number of anilines is 1. The van der Waals surface area contributed by atoms with Crippen molar-refractivity contribution >= 4 is 11.6 Å². The van der Waals surface area contributed by atoms with E-state index in [0.29, 0.717) is 6.54 Å². The predicted octanol–water partition coefficient (Wildman–Crippen LogP) is 1.27. The van der Waals surface area contributed by atoms with Crippen LogP contribution in [0, 0.1) is 5.92 Å². The number of para-hydroxylation sites is 1. The Morgan fingerprint density at radius 3 is 2.77 bits per heavy atom. The van der Waals surface area contributed by atoms with Crippen LogP contribution in [0.25, 0.3) is 0 Å². The lowest BCUT2D eigenvalue weighted by atomic mass is 10.0. The van der Waals surface area contributed by atoms with Crippen molar-refractivity contribution in [2.75, 3.05) is 31.2 Å². The van der Waals surface area contributed by atoms with Crippen LogP contribution in [0.1, 0.15) is 24.8 Å². The summed E-state index contributed by atoms with van der Waals surface area (Å²) in [5, 5.41) is 3.07. The molecule has 3 N–H and O–H groups in total. The maximum absolute atomic E-state index is 12.3. The predicted molar refractivity (Wildman–Crippen MR) is 86.6 cm³/mol.